The van der Waals surface area contributed by atoms with Gasteiger partial charge < -0.3 is 21.3 Å². The van der Waals surface area contributed by atoms with Gasteiger partial charge in [0.15, 0.2) is 0 Å². The van der Waals surface area contributed by atoms with Crippen molar-refractivity contribution in [3.8, 4) is 0 Å². The van der Waals surface area contributed by atoms with Crippen molar-refractivity contribution in [1.82, 2.24) is 41.1 Å². The van der Waals surface area contributed by atoms with Crippen molar-refractivity contribution in [3.63, 3.8) is 0 Å². The molecule has 11 nitrogen and oxygen atoms in total. The number of piperidine rings is 1. The van der Waals surface area contributed by atoms with Crippen molar-refractivity contribution >= 4 is 11.8 Å². The zero-order valence-corrected chi connectivity index (χ0v) is 20.3. The van der Waals surface area contributed by atoms with Gasteiger partial charge in [0, 0.05) is 64.4 Å². The minimum atomic E-state index is -0.988. The van der Waals surface area contributed by atoms with Crippen LogP contribution in [0.1, 0.15) is 20.3 Å². The number of amides is 2. The van der Waals surface area contributed by atoms with Crippen molar-refractivity contribution in [3.05, 3.63) is 0 Å². The number of hydrogen-bond acceptors (Lipinski definition) is 9. The lowest BCUT2D eigenvalue weighted by Crippen LogP contribution is -2.69. The summed E-state index contributed by atoms with van der Waals surface area (Å²) in [5.74, 6) is -0.404. The van der Waals surface area contributed by atoms with Crippen LogP contribution in [0, 0.1) is 5.92 Å². The third kappa shape index (κ3) is 4.57. The highest BCUT2D eigenvalue weighted by Crippen LogP contribution is 2.25. The fourth-order valence-corrected chi connectivity index (χ4v) is 6.38. The van der Waals surface area contributed by atoms with Gasteiger partial charge in [-0.05, 0) is 26.8 Å². The Hall–Kier alpha value is -1.41. The summed E-state index contributed by atoms with van der Waals surface area (Å²) in [4.78, 5) is 33.3. The van der Waals surface area contributed by atoms with E-state index < -0.39 is 18.3 Å². The number of nitrogens with one attached hydrogen (secondary N) is 4. The summed E-state index contributed by atoms with van der Waals surface area (Å²) in [7, 11) is 0. The summed E-state index contributed by atoms with van der Waals surface area (Å²) in [6.07, 6.45) is -0.963. The number of hydrogen-bond donors (Lipinski definition) is 5. The number of halogens is 1. The van der Waals surface area contributed by atoms with Crippen molar-refractivity contribution in [2.24, 2.45) is 11.7 Å². The van der Waals surface area contributed by atoms with E-state index in [-0.39, 0.29) is 55.2 Å². The maximum Gasteiger partial charge on any atom is 0.241 e. The summed E-state index contributed by atoms with van der Waals surface area (Å²) in [6.45, 7) is 10.3. The number of carbonyl (C=O) groups excluding carboxylic acids is 2. The van der Waals surface area contributed by atoms with Gasteiger partial charge in [-0.25, -0.2) is 14.8 Å². The molecule has 0 aromatic heterocycles. The number of alkyl halides is 1. The van der Waals surface area contributed by atoms with Crippen molar-refractivity contribution in [2.75, 3.05) is 58.9 Å². The Balaban J connectivity index is 1.25. The molecule has 34 heavy (non-hydrogen) atoms. The maximum atomic E-state index is 13.8. The topological polar surface area (TPSA) is 121 Å². The number of carbonyl (C=O) groups is 2. The number of fused-ring (bicyclic) bond motifs is 2. The highest BCUT2D eigenvalue weighted by molar-refractivity contribution is 5.83. The fourth-order valence-electron chi connectivity index (χ4n) is 6.38. The normalized spacial score (nSPS) is 40.3. The first-order valence-corrected chi connectivity index (χ1v) is 12.8. The quantitative estimate of drug-likeness (QED) is 0.287. The van der Waals surface area contributed by atoms with Crippen molar-refractivity contribution in [1.29, 1.82) is 0 Å². The summed E-state index contributed by atoms with van der Waals surface area (Å²) in [6, 6.07) is 0.176. The Morgan fingerprint density at radius 1 is 1.15 bits per heavy atom. The molecule has 5 aliphatic heterocycles. The van der Waals surface area contributed by atoms with Crippen LogP contribution in [0.25, 0.3) is 0 Å². The fraction of sp³-hybridized carbons (Fsp3) is 0.909. The van der Waals surface area contributed by atoms with Gasteiger partial charge >= 0.3 is 0 Å². The van der Waals surface area contributed by atoms with E-state index in [1.165, 1.54) is 0 Å². The number of nitrogens with two attached hydrogens (primary N) is 1. The molecule has 0 radical (unpaired) electrons. The second-order valence-electron chi connectivity index (χ2n) is 10.6. The lowest BCUT2D eigenvalue weighted by Gasteiger charge is -2.51. The molecule has 0 spiro atoms. The zero-order chi connectivity index (χ0) is 24.0. The Morgan fingerprint density at radius 3 is 2.71 bits per heavy atom. The highest BCUT2D eigenvalue weighted by atomic mass is 19.1. The molecule has 0 aromatic carbocycles. The largest absolute Gasteiger partial charge is 0.350 e. The van der Waals surface area contributed by atoms with Gasteiger partial charge in [-0.1, -0.05) is 0 Å². The molecule has 7 unspecified atom stereocenters. The van der Waals surface area contributed by atoms with E-state index in [2.05, 4.69) is 45.0 Å². The van der Waals surface area contributed by atoms with Crippen molar-refractivity contribution < 1.29 is 14.0 Å². The standard InChI is InChI=1S/C22H40FN9O2/c1-13(2)31-8-7-29-5-6-30(12-17(29)22(31)34)16-3-4-25-10-15(16)27-21(33)18-19(24)28-32-11-14(23)9-26-20(18)32/h13-20,25-26,28H,3-12,24H2,1-2H3,(H,27,33). The predicted octanol–water partition coefficient (Wildman–Crippen LogP) is -2.94. The van der Waals surface area contributed by atoms with E-state index in [1.54, 1.807) is 5.01 Å². The van der Waals surface area contributed by atoms with E-state index in [4.69, 9.17) is 5.73 Å². The molecule has 5 fully saturated rings. The average Bonchev–Trinajstić information content (AvgIpc) is 3.14. The predicted molar refractivity (Wildman–Crippen MR) is 125 cm³/mol. The molecule has 0 aromatic rings. The molecule has 2 amide bonds. The molecule has 5 saturated heterocycles. The van der Waals surface area contributed by atoms with Crippen LogP contribution < -0.4 is 27.1 Å². The van der Waals surface area contributed by atoms with Crippen LogP contribution in [0.3, 0.4) is 0 Å². The van der Waals surface area contributed by atoms with E-state index in [0.717, 1.165) is 39.1 Å². The highest BCUT2D eigenvalue weighted by Gasteiger charge is 2.48. The van der Waals surface area contributed by atoms with Crippen LogP contribution in [0.5, 0.6) is 0 Å². The zero-order valence-electron chi connectivity index (χ0n) is 20.3. The SMILES string of the molecule is CC(C)N1CCN2CCN(C3CCNCC3NC(=O)C3C(N)NN4CC(F)CNC34)CC2C1=O. The Labute approximate surface area is 200 Å². The third-order valence-electron chi connectivity index (χ3n) is 8.21. The van der Waals surface area contributed by atoms with Crippen LogP contribution in [0.2, 0.25) is 0 Å². The van der Waals surface area contributed by atoms with Crippen molar-refractivity contribution in [2.45, 2.75) is 62.9 Å². The minimum absolute atomic E-state index is 0.0774. The molecular formula is C22H40FN9O2. The van der Waals surface area contributed by atoms with Crippen LogP contribution in [-0.2, 0) is 9.59 Å². The molecule has 5 aliphatic rings. The lowest BCUT2D eigenvalue weighted by atomic mass is 9.94. The number of hydrazine groups is 1. The number of piperazine rings is 2. The molecule has 7 atom stereocenters. The van der Waals surface area contributed by atoms with Gasteiger partial charge in [-0.3, -0.25) is 24.7 Å². The third-order valence-corrected chi connectivity index (χ3v) is 8.21. The average molecular weight is 482 g/mol. The van der Waals surface area contributed by atoms with Crippen LogP contribution >= 0.6 is 0 Å². The second kappa shape index (κ2) is 9.92. The summed E-state index contributed by atoms with van der Waals surface area (Å²) < 4.78 is 13.8. The molecule has 12 heteroatoms. The first-order chi connectivity index (χ1) is 16.3. The monoisotopic (exact) mass is 481 g/mol. The smallest absolute Gasteiger partial charge is 0.241 e. The van der Waals surface area contributed by atoms with E-state index in [1.807, 2.05) is 4.90 Å². The van der Waals surface area contributed by atoms with Gasteiger partial charge in [0.1, 0.15) is 12.2 Å². The van der Waals surface area contributed by atoms with Gasteiger partial charge in [-0.15, -0.1) is 0 Å². The second-order valence-corrected chi connectivity index (χ2v) is 10.6. The number of rotatable bonds is 4. The molecule has 5 rings (SSSR count). The van der Waals surface area contributed by atoms with Gasteiger partial charge in [-0.2, -0.15) is 0 Å². The Bertz CT molecular complexity index is 773. The first kappa shape index (κ1) is 24.3. The first-order valence-electron chi connectivity index (χ1n) is 12.8. The van der Waals surface area contributed by atoms with Crippen LogP contribution in [0.15, 0.2) is 0 Å². The molecule has 0 aliphatic carbocycles. The van der Waals surface area contributed by atoms with E-state index in [0.29, 0.717) is 13.1 Å². The Morgan fingerprint density at radius 2 is 1.91 bits per heavy atom. The molecular weight excluding hydrogens is 441 g/mol. The van der Waals surface area contributed by atoms with E-state index >= 15 is 0 Å². The Kier molecular flexibility index (Phi) is 7.09. The molecule has 5 heterocycles. The van der Waals surface area contributed by atoms with Gasteiger partial charge in [0.25, 0.3) is 0 Å². The lowest BCUT2D eigenvalue weighted by molar-refractivity contribution is -0.148. The molecule has 0 saturated carbocycles. The molecule has 0 bridgehead atoms. The molecule has 6 N–H and O–H groups in total. The summed E-state index contributed by atoms with van der Waals surface area (Å²) >= 11 is 0. The van der Waals surface area contributed by atoms with E-state index in [9.17, 15) is 14.0 Å². The van der Waals surface area contributed by atoms with Gasteiger partial charge in [0.05, 0.1) is 24.3 Å². The van der Waals surface area contributed by atoms with Crippen LogP contribution in [0.4, 0.5) is 4.39 Å². The summed E-state index contributed by atoms with van der Waals surface area (Å²) in [5.41, 5.74) is 9.30. The van der Waals surface area contributed by atoms with Crippen LogP contribution in [-0.4, -0.2) is 133 Å². The van der Waals surface area contributed by atoms with Gasteiger partial charge in [0.2, 0.25) is 11.8 Å². The number of nitrogens with zero attached hydrogens (tertiary/aromatic N) is 4. The molecule has 192 valence electrons. The summed E-state index contributed by atoms with van der Waals surface area (Å²) in [5, 5.41) is 11.5. The maximum absolute atomic E-state index is 13.8. The minimum Gasteiger partial charge on any atom is -0.350 e.